The summed E-state index contributed by atoms with van der Waals surface area (Å²) < 4.78 is 7.67. The summed E-state index contributed by atoms with van der Waals surface area (Å²) in [5.41, 5.74) is 2.65. The second-order valence-corrected chi connectivity index (χ2v) is 13.3. The lowest BCUT2D eigenvalue weighted by Gasteiger charge is -2.15. The highest BCUT2D eigenvalue weighted by Gasteiger charge is 2.18. The molecule has 1 amide bonds. The standard InChI is InChI=1S/C16H27BN4O2Si/c1-11(2)19-16(22)12-9-21(10-23-6-7-24(3,4)5)15-14(12)20-13(17)8-18-15/h8-9,11H,6-7,10,17H2,1-5H3,(H,19,22). The zero-order chi connectivity index (χ0) is 17.9. The quantitative estimate of drug-likeness (QED) is 0.603. The molecule has 0 bridgehead atoms. The normalized spacial score (nSPS) is 12.1. The van der Waals surface area contributed by atoms with Crippen LogP contribution in [0.15, 0.2) is 12.4 Å². The van der Waals surface area contributed by atoms with Crippen LogP contribution < -0.4 is 10.9 Å². The lowest BCUT2D eigenvalue weighted by molar-refractivity contribution is 0.0890. The van der Waals surface area contributed by atoms with Crippen molar-refractivity contribution >= 4 is 38.6 Å². The van der Waals surface area contributed by atoms with Crippen LogP contribution in [0.25, 0.3) is 11.2 Å². The van der Waals surface area contributed by atoms with E-state index < -0.39 is 8.07 Å². The van der Waals surface area contributed by atoms with Gasteiger partial charge in [0.2, 0.25) is 0 Å². The Morgan fingerprint density at radius 1 is 1.42 bits per heavy atom. The first-order valence-corrected chi connectivity index (χ1v) is 12.1. The van der Waals surface area contributed by atoms with Crippen LogP contribution in [0, 0.1) is 0 Å². The van der Waals surface area contributed by atoms with E-state index in [1.54, 1.807) is 12.4 Å². The highest BCUT2D eigenvalue weighted by Crippen LogP contribution is 2.17. The molecule has 2 rings (SSSR count). The third kappa shape index (κ3) is 4.91. The van der Waals surface area contributed by atoms with E-state index >= 15 is 0 Å². The number of nitrogens with one attached hydrogen (secondary N) is 1. The fraction of sp³-hybridized carbons (Fsp3) is 0.562. The molecule has 130 valence electrons. The molecule has 0 fully saturated rings. The van der Waals surface area contributed by atoms with E-state index in [9.17, 15) is 4.79 Å². The Kier molecular flexibility index (Phi) is 5.82. The van der Waals surface area contributed by atoms with E-state index in [1.165, 1.54) is 0 Å². The molecule has 0 aliphatic heterocycles. The van der Waals surface area contributed by atoms with E-state index in [-0.39, 0.29) is 11.9 Å². The van der Waals surface area contributed by atoms with Crippen molar-refractivity contribution in [2.75, 3.05) is 6.61 Å². The molecule has 0 aromatic carbocycles. The molecule has 0 aliphatic carbocycles. The molecule has 0 spiro atoms. The first kappa shape index (κ1) is 18.7. The number of hydrogen-bond acceptors (Lipinski definition) is 4. The van der Waals surface area contributed by atoms with Crippen molar-refractivity contribution in [3.8, 4) is 0 Å². The molecule has 8 heteroatoms. The number of hydrogen-bond donors (Lipinski definition) is 1. The molecular formula is C16H27BN4O2Si. The van der Waals surface area contributed by atoms with E-state index in [0.717, 1.165) is 18.2 Å². The lowest BCUT2D eigenvalue weighted by atomic mass is 10.1. The van der Waals surface area contributed by atoms with E-state index in [2.05, 4.69) is 34.9 Å². The second kappa shape index (κ2) is 7.48. The maximum absolute atomic E-state index is 12.4. The minimum Gasteiger partial charge on any atom is -0.361 e. The molecular weight excluding hydrogens is 319 g/mol. The number of amides is 1. The molecule has 0 radical (unpaired) electrons. The lowest BCUT2D eigenvalue weighted by Crippen LogP contribution is -2.30. The van der Waals surface area contributed by atoms with Gasteiger partial charge in [-0.2, -0.15) is 0 Å². The van der Waals surface area contributed by atoms with Gasteiger partial charge in [-0.15, -0.1) is 0 Å². The predicted octanol–water partition coefficient (Wildman–Crippen LogP) is 1.14. The Morgan fingerprint density at radius 3 is 2.75 bits per heavy atom. The first-order chi connectivity index (χ1) is 11.2. The molecule has 1 N–H and O–H groups in total. The van der Waals surface area contributed by atoms with Crippen molar-refractivity contribution in [2.45, 2.75) is 52.3 Å². The van der Waals surface area contributed by atoms with Gasteiger partial charge in [-0.05, 0) is 19.9 Å². The van der Waals surface area contributed by atoms with Crippen LogP contribution in [0.2, 0.25) is 25.7 Å². The number of ether oxygens (including phenoxy) is 1. The Bertz CT molecular complexity index is 725. The molecule has 0 saturated carbocycles. The Labute approximate surface area is 145 Å². The fourth-order valence-electron chi connectivity index (χ4n) is 2.29. The molecule has 0 atom stereocenters. The molecule has 0 unspecified atom stereocenters. The molecule has 24 heavy (non-hydrogen) atoms. The Balaban J connectivity index is 2.22. The number of carbonyl (C=O) groups excluding carboxylic acids is 1. The van der Waals surface area contributed by atoms with Gasteiger partial charge in [0.05, 0.1) is 5.56 Å². The van der Waals surface area contributed by atoms with Crippen molar-refractivity contribution in [3.63, 3.8) is 0 Å². The van der Waals surface area contributed by atoms with E-state index in [4.69, 9.17) is 4.74 Å². The molecule has 2 aromatic rings. The number of nitrogens with zero attached hydrogens (tertiary/aromatic N) is 3. The number of rotatable bonds is 7. The van der Waals surface area contributed by atoms with Crippen molar-refractivity contribution in [2.24, 2.45) is 0 Å². The summed E-state index contributed by atoms with van der Waals surface area (Å²) in [6.07, 6.45) is 3.50. The van der Waals surface area contributed by atoms with Gasteiger partial charge < -0.3 is 14.6 Å². The zero-order valence-electron chi connectivity index (χ0n) is 15.5. The monoisotopic (exact) mass is 346 g/mol. The van der Waals surface area contributed by atoms with Gasteiger partial charge in [0.1, 0.15) is 12.2 Å². The van der Waals surface area contributed by atoms with Crippen LogP contribution in [0.5, 0.6) is 0 Å². The molecule has 0 saturated heterocycles. The predicted molar refractivity (Wildman–Crippen MR) is 102 cm³/mol. The summed E-state index contributed by atoms with van der Waals surface area (Å²) in [6.45, 7) is 12.0. The summed E-state index contributed by atoms with van der Waals surface area (Å²) in [7, 11) is 0.759. The number of carbonyl (C=O) groups is 1. The van der Waals surface area contributed by atoms with Gasteiger partial charge in [0, 0.05) is 38.7 Å². The van der Waals surface area contributed by atoms with Gasteiger partial charge in [-0.1, -0.05) is 19.6 Å². The van der Waals surface area contributed by atoms with Crippen LogP contribution >= 0.6 is 0 Å². The Hall–Kier alpha value is -1.67. The van der Waals surface area contributed by atoms with Crippen LogP contribution in [-0.4, -0.2) is 49.0 Å². The molecule has 6 nitrogen and oxygen atoms in total. The highest BCUT2D eigenvalue weighted by atomic mass is 28.3. The van der Waals surface area contributed by atoms with Crippen LogP contribution in [0.3, 0.4) is 0 Å². The molecule has 0 aliphatic rings. The minimum absolute atomic E-state index is 0.0710. The van der Waals surface area contributed by atoms with Crippen molar-refractivity contribution in [1.82, 2.24) is 19.9 Å². The smallest absolute Gasteiger partial charge is 0.255 e. The van der Waals surface area contributed by atoms with Crippen LogP contribution in [0.1, 0.15) is 24.2 Å². The summed E-state index contributed by atoms with van der Waals surface area (Å²) in [5, 5.41) is 2.92. The first-order valence-electron chi connectivity index (χ1n) is 8.38. The van der Waals surface area contributed by atoms with Gasteiger partial charge in [-0.3, -0.25) is 9.78 Å². The van der Waals surface area contributed by atoms with Crippen LogP contribution in [0.4, 0.5) is 0 Å². The SMILES string of the molecule is Bc1cnc2c(n1)c(C(=O)NC(C)C)cn2COCC[Si](C)(C)C. The van der Waals surface area contributed by atoms with Gasteiger partial charge >= 0.3 is 0 Å². The maximum atomic E-state index is 12.4. The largest absolute Gasteiger partial charge is 0.361 e. The van der Waals surface area contributed by atoms with Gasteiger partial charge in [0.15, 0.2) is 13.5 Å². The van der Waals surface area contributed by atoms with Gasteiger partial charge in [-0.25, -0.2) is 4.98 Å². The average Bonchev–Trinajstić information content (AvgIpc) is 2.80. The van der Waals surface area contributed by atoms with E-state index in [1.807, 2.05) is 26.3 Å². The summed E-state index contributed by atoms with van der Waals surface area (Å²) in [4.78, 5) is 21.4. The topological polar surface area (TPSA) is 69.0 Å². The average molecular weight is 346 g/mol. The number of fused-ring (bicyclic) bond motifs is 1. The molecule has 2 aromatic heterocycles. The maximum Gasteiger partial charge on any atom is 0.255 e. The van der Waals surface area contributed by atoms with Crippen molar-refractivity contribution in [3.05, 3.63) is 18.0 Å². The third-order valence-corrected chi connectivity index (χ3v) is 5.28. The Morgan fingerprint density at radius 2 is 2.12 bits per heavy atom. The van der Waals surface area contributed by atoms with Crippen molar-refractivity contribution in [1.29, 1.82) is 0 Å². The second-order valence-electron chi connectivity index (χ2n) is 7.67. The van der Waals surface area contributed by atoms with Gasteiger partial charge in [0.25, 0.3) is 5.91 Å². The van der Waals surface area contributed by atoms with Crippen molar-refractivity contribution < 1.29 is 9.53 Å². The zero-order valence-corrected chi connectivity index (χ0v) is 16.5. The summed E-state index contributed by atoms with van der Waals surface area (Å²) in [5.74, 6) is -0.129. The summed E-state index contributed by atoms with van der Waals surface area (Å²) >= 11 is 0. The minimum atomic E-state index is -1.11. The fourth-order valence-corrected chi connectivity index (χ4v) is 3.04. The van der Waals surface area contributed by atoms with Crippen LogP contribution in [-0.2, 0) is 11.5 Å². The highest BCUT2D eigenvalue weighted by molar-refractivity contribution is 6.76. The van der Waals surface area contributed by atoms with E-state index in [0.29, 0.717) is 23.5 Å². The molecule has 2 heterocycles. The summed E-state index contributed by atoms with van der Waals surface area (Å²) in [6, 6.07) is 1.18. The third-order valence-electron chi connectivity index (χ3n) is 3.58. The number of aromatic nitrogens is 3.